The Balaban J connectivity index is 1.95. The van der Waals surface area contributed by atoms with Gasteiger partial charge in [-0.3, -0.25) is 9.89 Å². The van der Waals surface area contributed by atoms with Crippen LogP contribution in [0.3, 0.4) is 0 Å². The highest BCUT2D eigenvalue weighted by Gasteiger charge is 2.16. The second-order valence-electron chi connectivity index (χ2n) is 5.72. The van der Waals surface area contributed by atoms with Crippen molar-refractivity contribution >= 4 is 6.21 Å². The fraction of sp³-hybridized carbons (Fsp3) is 0.824. The average molecular weight is 279 g/mol. The molecule has 20 heavy (non-hydrogen) atoms. The monoisotopic (exact) mass is 279 g/mol. The standard InChI is InChI=1S/C17H33N3/c1-2-3-4-5-6-7-8-9-10-11-12-17-19-14-16-20(17)15-13-18/h11-12,14,17H,2-10,13,15-16,18H2,1H3/b12-11+. The number of allylic oxidation sites excluding steroid dienone is 1. The Morgan fingerprint density at radius 1 is 1.15 bits per heavy atom. The maximum atomic E-state index is 5.60. The van der Waals surface area contributed by atoms with Crippen LogP contribution in [0.25, 0.3) is 0 Å². The van der Waals surface area contributed by atoms with Gasteiger partial charge in [0.1, 0.15) is 6.17 Å². The van der Waals surface area contributed by atoms with E-state index >= 15 is 0 Å². The van der Waals surface area contributed by atoms with Gasteiger partial charge in [-0.15, -0.1) is 0 Å². The van der Waals surface area contributed by atoms with Gasteiger partial charge in [0, 0.05) is 25.8 Å². The summed E-state index contributed by atoms with van der Waals surface area (Å²) >= 11 is 0. The molecule has 0 amide bonds. The van der Waals surface area contributed by atoms with Crippen molar-refractivity contribution in [1.82, 2.24) is 4.90 Å². The van der Waals surface area contributed by atoms with Gasteiger partial charge < -0.3 is 5.73 Å². The normalized spacial score (nSPS) is 19.4. The summed E-state index contributed by atoms with van der Waals surface area (Å²) in [6.07, 6.45) is 19.1. The minimum absolute atomic E-state index is 0.243. The van der Waals surface area contributed by atoms with Gasteiger partial charge in [0.15, 0.2) is 0 Å². The predicted octanol–water partition coefficient (Wildman–Crippen LogP) is 3.74. The van der Waals surface area contributed by atoms with Crippen LogP contribution in [-0.2, 0) is 0 Å². The fourth-order valence-electron chi connectivity index (χ4n) is 2.64. The molecule has 0 fully saturated rings. The smallest absolute Gasteiger partial charge is 0.121 e. The van der Waals surface area contributed by atoms with E-state index in [0.717, 1.165) is 13.1 Å². The van der Waals surface area contributed by atoms with Gasteiger partial charge in [0.05, 0.1) is 0 Å². The van der Waals surface area contributed by atoms with Gasteiger partial charge in [0.25, 0.3) is 0 Å². The molecule has 0 saturated carbocycles. The molecule has 1 rings (SSSR count). The quantitative estimate of drug-likeness (QED) is 0.437. The summed E-state index contributed by atoms with van der Waals surface area (Å²) in [6, 6.07) is 0. The Morgan fingerprint density at radius 2 is 1.85 bits per heavy atom. The fourth-order valence-corrected chi connectivity index (χ4v) is 2.64. The second kappa shape index (κ2) is 12.1. The number of unbranched alkanes of at least 4 members (excludes halogenated alkanes) is 8. The molecule has 1 aliphatic heterocycles. The molecule has 0 spiro atoms. The molecule has 3 heteroatoms. The lowest BCUT2D eigenvalue weighted by Crippen LogP contribution is -2.33. The minimum Gasteiger partial charge on any atom is -0.329 e. The predicted molar refractivity (Wildman–Crippen MR) is 89.3 cm³/mol. The van der Waals surface area contributed by atoms with Crippen molar-refractivity contribution in [3.8, 4) is 0 Å². The van der Waals surface area contributed by atoms with Crippen LogP contribution in [0.5, 0.6) is 0 Å². The van der Waals surface area contributed by atoms with E-state index in [1.165, 1.54) is 57.8 Å². The molecular formula is C17H33N3. The van der Waals surface area contributed by atoms with Gasteiger partial charge in [-0.25, -0.2) is 0 Å². The number of rotatable bonds is 12. The van der Waals surface area contributed by atoms with E-state index in [1.807, 2.05) is 6.21 Å². The lowest BCUT2D eigenvalue weighted by Gasteiger charge is -2.18. The Kier molecular flexibility index (Phi) is 10.5. The summed E-state index contributed by atoms with van der Waals surface area (Å²) in [5, 5.41) is 0. The van der Waals surface area contributed by atoms with Crippen molar-refractivity contribution < 1.29 is 0 Å². The van der Waals surface area contributed by atoms with E-state index in [2.05, 4.69) is 29.0 Å². The van der Waals surface area contributed by atoms with E-state index in [9.17, 15) is 0 Å². The largest absolute Gasteiger partial charge is 0.329 e. The van der Waals surface area contributed by atoms with Crippen LogP contribution in [0.15, 0.2) is 17.1 Å². The molecule has 1 atom stereocenters. The first-order valence-corrected chi connectivity index (χ1v) is 8.51. The van der Waals surface area contributed by atoms with Crippen LogP contribution >= 0.6 is 0 Å². The molecule has 0 aromatic carbocycles. The molecule has 1 unspecified atom stereocenters. The molecule has 0 aromatic rings. The highest BCUT2D eigenvalue weighted by Crippen LogP contribution is 2.11. The lowest BCUT2D eigenvalue weighted by atomic mass is 10.1. The topological polar surface area (TPSA) is 41.6 Å². The molecule has 1 aliphatic rings. The van der Waals surface area contributed by atoms with E-state index in [4.69, 9.17) is 5.73 Å². The van der Waals surface area contributed by atoms with Crippen molar-refractivity contribution in [3.05, 3.63) is 12.2 Å². The molecular weight excluding hydrogens is 246 g/mol. The number of aliphatic imine (C=N–C) groups is 1. The zero-order chi connectivity index (χ0) is 14.5. The zero-order valence-corrected chi connectivity index (χ0v) is 13.3. The first-order valence-electron chi connectivity index (χ1n) is 8.51. The summed E-state index contributed by atoms with van der Waals surface area (Å²) in [4.78, 5) is 6.78. The third-order valence-corrected chi connectivity index (χ3v) is 3.90. The van der Waals surface area contributed by atoms with Crippen molar-refractivity contribution in [2.75, 3.05) is 19.6 Å². The average Bonchev–Trinajstić information content (AvgIpc) is 2.89. The lowest BCUT2D eigenvalue weighted by molar-refractivity contribution is 0.297. The van der Waals surface area contributed by atoms with Crippen molar-refractivity contribution in [3.63, 3.8) is 0 Å². The van der Waals surface area contributed by atoms with Crippen molar-refractivity contribution in [2.24, 2.45) is 10.7 Å². The van der Waals surface area contributed by atoms with Gasteiger partial charge in [0.2, 0.25) is 0 Å². The number of hydrogen-bond acceptors (Lipinski definition) is 3. The highest BCUT2D eigenvalue weighted by molar-refractivity contribution is 5.62. The zero-order valence-electron chi connectivity index (χ0n) is 13.3. The Labute approximate surface area is 125 Å². The molecule has 0 bridgehead atoms. The third kappa shape index (κ3) is 7.81. The Hall–Kier alpha value is -0.670. The molecule has 1 heterocycles. The minimum atomic E-state index is 0.243. The van der Waals surface area contributed by atoms with Crippen LogP contribution in [0, 0.1) is 0 Å². The van der Waals surface area contributed by atoms with Gasteiger partial charge >= 0.3 is 0 Å². The summed E-state index contributed by atoms with van der Waals surface area (Å²) < 4.78 is 0. The van der Waals surface area contributed by atoms with Gasteiger partial charge in [-0.1, -0.05) is 57.9 Å². The second-order valence-corrected chi connectivity index (χ2v) is 5.72. The number of nitrogens with two attached hydrogens (primary N) is 1. The third-order valence-electron chi connectivity index (χ3n) is 3.90. The molecule has 0 aromatic heterocycles. The van der Waals surface area contributed by atoms with Crippen molar-refractivity contribution in [2.45, 2.75) is 70.9 Å². The SMILES string of the molecule is CCCCCCCCCC/C=C/C1N=CCN1CCN. The maximum Gasteiger partial charge on any atom is 0.121 e. The van der Waals surface area contributed by atoms with Gasteiger partial charge in [-0.05, 0) is 18.9 Å². The van der Waals surface area contributed by atoms with E-state index in [0.29, 0.717) is 6.54 Å². The number of hydrogen-bond donors (Lipinski definition) is 1. The summed E-state index contributed by atoms with van der Waals surface area (Å²) in [5.41, 5.74) is 5.60. The molecule has 0 aliphatic carbocycles. The summed E-state index contributed by atoms with van der Waals surface area (Å²) in [7, 11) is 0. The Morgan fingerprint density at radius 3 is 2.55 bits per heavy atom. The van der Waals surface area contributed by atoms with Crippen LogP contribution in [0.1, 0.15) is 64.7 Å². The van der Waals surface area contributed by atoms with Gasteiger partial charge in [-0.2, -0.15) is 0 Å². The molecule has 3 nitrogen and oxygen atoms in total. The van der Waals surface area contributed by atoms with E-state index < -0.39 is 0 Å². The van der Waals surface area contributed by atoms with E-state index in [-0.39, 0.29) is 6.17 Å². The Bertz CT molecular complexity index is 273. The molecule has 0 radical (unpaired) electrons. The summed E-state index contributed by atoms with van der Waals surface area (Å²) in [5.74, 6) is 0. The van der Waals surface area contributed by atoms with E-state index in [1.54, 1.807) is 0 Å². The highest BCUT2D eigenvalue weighted by atomic mass is 15.3. The molecule has 2 N–H and O–H groups in total. The summed E-state index contributed by atoms with van der Waals surface area (Å²) in [6.45, 7) is 4.87. The molecule has 116 valence electrons. The number of nitrogens with zero attached hydrogens (tertiary/aromatic N) is 2. The first kappa shape index (κ1) is 17.4. The van der Waals surface area contributed by atoms with Crippen LogP contribution in [0.2, 0.25) is 0 Å². The van der Waals surface area contributed by atoms with Crippen LogP contribution in [0.4, 0.5) is 0 Å². The molecule has 0 saturated heterocycles. The van der Waals surface area contributed by atoms with Crippen LogP contribution in [-0.4, -0.2) is 36.9 Å². The first-order chi connectivity index (χ1) is 9.88. The maximum absolute atomic E-state index is 5.60. The van der Waals surface area contributed by atoms with Crippen molar-refractivity contribution in [1.29, 1.82) is 0 Å². The van der Waals surface area contributed by atoms with Crippen LogP contribution < -0.4 is 5.73 Å².